The fourth-order valence-corrected chi connectivity index (χ4v) is 4.17. The van der Waals surface area contributed by atoms with Crippen molar-refractivity contribution in [3.05, 3.63) is 29.8 Å². The lowest BCUT2D eigenvalue weighted by atomic mass is 9.85. The minimum absolute atomic E-state index is 0.0721. The standard InChI is InChI=1S/C20H30N2O2/c1-2-24-19-10-8-15(9-11-19)17-12-18(21)14-22(13-17)20(23)16-6-4-3-5-7-16/h8-11,16-18H,2-7,12-14,21H2,1H3. The molecule has 4 nitrogen and oxygen atoms in total. The first-order chi connectivity index (χ1) is 11.7. The summed E-state index contributed by atoms with van der Waals surface area (Å²) in [6.07, 6.45) is 6.72. The Hall–Kier alpha value is -1.55. The maximum absolute atomic E-state index is 12.9. The molecule has 1 saturated carbocycles. The quantitative estimate of drug-likeness (QED) is 0.921. The lowest BCUT2D eigenvalue weighted by Crippen LogP contribution is -2.50. The summed E-state index contributed by atoms with van der Waals surface area (Å²) in [4.78, 5) is 14.9. The van der Waals surface area contributed by atoms with Gasteiger partial charge in [-0.25, -0.2) is 0 Å². The Morgan fingerprint density at radius 2 is 1.88 bits per heavy atom. The van der Waals surface area contributed by atoms with E-state index in [9.17, 15) is 4.79 Å². The molecule has 1 aromatic rings. The van der Waals surface area contributed by atoms with Crippen molar-refractivity contribution in [2.24, 2.45) is 11.7 Å². The van der Waals surface area contributed by atoms with E-state index in [2.05, 4.69) is 12.1 Å². The van der Waals surface area contributed by atoms with Crippen LogP contribution in [-0.4, -0.2) is 36.5 Å². The molecule has 4 heteroatoms. The van der Waals surface area contributed by atoms with Crippen LogP contribution in [0.25, 0.3) is 0 Å². The molecule has 0 bridgehead atoms. The van der Waals surface area contributed by atoms with Gasteiger partial charge in [0.1, 0.15) is 5.75 Å². The molecule has 1 amide bonds. The Labute approximate surface area is 145 Å². The summed E-state index contributed by atoms with van der Waals surface area (Å²) in [6, 6.07) is 8.36. The van der Waals surface area contributed by atoms with Crippen molar-refractivity contribution in [1.29, 1.82) is 0 Å². The number of nitrogens with two attached hydrogens (primary N) is 1. The van der Waals surface area contributed by atoms with Gasteiger partial charge in [0.2, 0.25) is 5.91 Å². The molecule has 1 aromatic carbocycles. The fraction of sp³-hybridized carbons (Fsp3) is 0.650. The van der Waals surface area contributed by atoms with Crippen molar-refractivity contribution in [3.8, 4) is 5.75 Å². The van der Waals surface area contributed by atoms with Crippen LogP contribution in [0.3, 0.4) is 0 Å². The zero-order chi connectivity index (χ0) is 16.9. The first-order valence-electron chi connectivity index (χ1n) is 9.44. The number of ether oxygens (including phenoxy) is 1. The first kappa shape index (κ1) is 17.3. The van der Waals surface area contributed by atoms with Gasteiger partial charge in [0.15, 0.2) is 0 Å². The third-order valence-corrected chi connectivity index (χ3v) is 5.41. The van der Waals surface area contributed by atoms with Crippen LogP contribution in [0.5, 0.6) is 5.75 Å². The average Bonchev–Trinajstić information content (AvgIpc) is 2.62. The van der Waals surface area contributed by atoms with Crippen LogP contribution < -0.4 is 10.5 Å². The molecule has 1 aliphatic carbocycles. The minimum Gasteiger partial charge on any atom is -0.494 e. The number of hydrogen-bond acceptors (Lipinski definition) is 3. The van der Waals surface area contributed by atoms with E-state index in [1.54, 1.807) is 0 Å². The molecule has 2 unspecified atom stereocenters. The number of amides is 1. The van der Waals surface area contributed by atoms with Crippen LogP contribution in [0.2, 0.25) is 0 Å². The second kappa shape index (κ2) is 8.02. The van der Waals surface area contributed by atoms with E-state index in [1.807, 2.05) is 24.0 Å². The lowest BCUT2D eigenvalue weighted by molar-refractivity contribution is -0.138. The highest BCUT2D eigenvalue weighted by atomic mass is 16.5. The molecule has 3 rings (SSSR count). The second-order valence-electron chi connectivity index (χ2n) is 7.27. The Bertz CT molecular complexity index is 537. The summed E-state index contributed by atoms with van der Waals surface area (Å²) in [5, 5.41) is 0. The van der Waals surface area contributed by atoms with E-state index in [1.165, 1.54) is 24.8 Å². The summed E-state index contributed by atoms with van der Waals surface area (Å²) in [5.74, 6) is 1.79. The van der Waals surface area contributed by atoms with Crippen LogP contribution in [-0.2, 0) is 4.79 Å². The summed E-state index contributed by atoms with van der Waals surface area (Å²) >= 11 is 0. The van der Waals surface area contributed by atoms with E-state index >= 15 is 0 Å². The van der Waals surface area contributed by atoms with Gasteiger partial charge in [-0.3, -0.25) is 4.79 Å². The van der Waals surface area contributed by atoms with Gasteiger partial charge in [0.25, 0.3) is 0 Å². The molecule has 1 heterocycles. The number of benzene rings is 1. The van der Waals surface area contributed by atoms with Crippen LogP contribution in [0, 0.1) is 5.92 Å². The molecule has 2 fully saturated rings. The van der Waals surface area contributed by atoms with E-state index < -0.39 is 0 Å². The lowest BCUT2D eigenvalue weighted by Gasteiger charge is -2.39. The number of likely N-dealkylation sites (tertiary alicyclic amines) is 1. The maximum atomic E-state index is 12.9. The topological polar surface area (TPSA) is 55.6 Å². The Morgan fingerprint density at radius 3 is 2.54 bits per heavy atom. The first-order valence-corrected chi connectivity index (χ1v) is 9.44. The van der Waals surface area contributed by atoms with E-state index in [0.29, 0.717) is 25.0 Å². The van der Waals surface area contributed by atoms with Crippen molar-refractivity contribution < 1.29 is 9.53 Å². The van der Waals surface area contributed by atoms with Gasteiger partial charge in [0, 0.05) is 31.0 Å². The molecule has 0 radical (unpaired) electrons. The molecular weight excluding hydrogens is 300 g/mol. The van der Waals surface area contributed by atoms with Gasteiger partial charge in [-0.1, -0.05) is 31.4 Å². The van der Waals surface area contributed by atoms with E-state index in [0.717, 1.165) is 31.6 Å². The number of rotatable bonds is 4. The highest BCUT2D eigenvalue weighted by Gasteiger charge is 2.32. The number of piperidine rings is 1. The average molecular weight is 330 g/mol. The Balaban J connectivity index is 1.67. The third kappa shape index (κ3) is 4.10. The summed E-state index contributed by atoms with van der Waals surface area (Å²) in [5.41, 5.74) is 7.54. The van der Waals surface area contributed by atoms with E-state index in [-0.39, 0.29) is 12.0 Å². The van der Waals surface area contributed by atoms with Crippen LogP contribution in [0.15, 0.2) is 24.3 Å². The SMILES string of the molecule is CCOc1ccc(C2CC(N)CN(C(=O)C3CCCCC3)C2)cc1. The van der Waals surface area contributed by atoms with Crippen LogP contribution >= 0.6 is 0 Å². The van der Waals surface area contributed by atoms with Crippen molar-refractivity contribution in [1.82, 2.24) is 4.90 Å². The van der Waals surface area contributed by atoms with Crippen LogP contribution in [0.4, 0.5) is 0 Å². The van der Waals surface area contributed by atoms with Gasteiger partial charge < -0.3 is 15.4 Å². The molecule has 2 N–H and O–H groups in total. The molecule has 24 heavy (non-hydrogen) atoms. The Kier molecular flexibility index (Phi) is 5.77. The number of carbonyl (C=O) groups is 1. The van der Waals surface area contributed by atoms with Gasteiger partial charge >= 0.3 is 0 Å². The predicted octanol–water partition coefficient (Wildman–Crippen LogP) is 3.31. The fourth-order valence-electron chi connectivity index (χ4n) is 4.17. The zero-order valence-electron chi connectivity index (χ0n) is 14.7. The molecule has 2 atom stereocenters. The maximum Gasteiger partial charge on any atom is 0.225 e. The highest BCUT2D eigenvalue weighted by molar-refractivity contribution is 5.79. The smallest absolute Gasteiger partial charge is 0.225 e. The number of carbonyl (C=O) groups excluding carboxylic acids is 1. The van der Waals surface area contributed by atoms with Crippen molar-refractivity contribution in [2.45, 2.75) is 57.4 Å². The minimum atomic E-state index is 0.0721. The predicted molar refractivity (Wildman–Crippen MR) is 96.1 cm³/mol. The Morgan fingerprint density at radius 1 is 1.17 bits per heavy atom. The van der Waals surface area contributed by atoms with E-state index in [4.69, 9.17) is 10.5 Å². The van der Waals surface area contributed by atoms with Gasteiger partial charge in [0.05, 0.1) is 6.61 Å². The molecule has 0 aromatic heterocycles. The largest absolute Gasteiger partial charge is 0.494 e. The highest BCUT2D eigenvalue weighted by Crippen LogP contribution is 2.31. The van der Waals surface area contributed by atoms with Crippen molar-refractivity contribution in [2.75, 3.05) is 19.7 Å². The molecular formula is C20H30N2O2. The van der Waals surface area contributed by atoms with Gasteiger partial charge in [-0.05, 0) is 43.9 Å². The third-order valence-electron chi connectivity index (χ3n) is 5.41. The number of hydrogen-bond donors (Lipinski definition) is 1. The summed E-state index contributed by atoms with van der Waals surface area (Å²) in [7, 11) is 0. The van der Waals surface area contributed by atoms with Crippen molar-refractivity contribution in [3.63, 3.8) is 0 Å². The second-order valence-corrected chi connectivity index (χ2v) is 7.27. The zero-order valence-corrected chi connectivity index (χ0v) is 14.7. The molecule has 2 aliphatic rings. The molecule has 0 spiro atoms. The van der Waals surface area contributed by atoms with Gasteiger partial charge in [-0.2, -0.15) is 0 Å². The van der Waals surface area contributed by atoms with Gasteiger partial charge in [-0.15, -0.1) is 0 Å². The number of nitrogens with zero attached hydrogens (tertiary/aromatic N) is 1. The summed E-state index contributed by atoms with van der Waals surface area (Å²) in [6.45, 7) is 4.18. The summed E-state index contributed by atoms with van der Waals surface area (Å²) < 4.78 is 5.52. The monoisotopic (exact) mass is 330 g/mol. The molecule has 132 valence electrons. The molecule has 1 saturated heterocycles. The van der Waals surface area contributed by atoms with Crippen molar-refractivity contribution >= 4 is 5.91 Å². The normalized spacial score (nSPS) is 25.5. The molecule has 1 aliphatic heterocycles. The van der Waals surface area contributed by atoms with Crippen LogP contribution in [0.1, 0.15) is 56.9 Å².